The highest BCUT2D eigenvalue weighted by Gasteiger charge is 2.07. The Morgan fingerprint density at radius 3 is 2.40 bits per heavy atom. The van der Waals surface area contributed by atoms with E-state index in [9.17, 15) is 14.0 Å². The SMILES string of the molecule is O=C(O)Cc1ccc(NC(=O)c2cccc(F)c2)cc1. The van der Waals surface area contributed by atoms with Gasteiger partial charge in [-0.2, -0.15) is 0 Å². The van der Waals surface area contributed by atoms with Crippen LogP contribution in [0.3, 0.4) is 0 Å². The van der Waals surface area contributed by atoms with Gasteiger partial charge in [0.1, 0.15) is 5.82 Å². The number of anilines is 1. The number of benzene rings is 2. The van der Waals surface area contributed by atoms with Gasteiger partial charge in [0.05, 0.1) is 6.42 Å². The zero-order valence-electron chi connectivity index (χ0n) is 10.5. The van der Waals surface area contributed by atoms with Crippen LogP contribution in [0.4, 0.5) is 10.1 Å². The predicted octanol–water partition coefficient (Wildman–Crippen LogP) is 2.71. The van der Waals surface area contributed by atoms with E-state index in [0.717, 1.165) is 6.07 Å². The van der Waals surface area contributed by atoms with Gasteiger partial charge in [0.2, 0.25) is 0 Å². The summed E-state index contributed by atoms with van der Waals surface area (Å²) in [6, 6.07) is 11.8. The lowest BCUT2D eigenvalue weighted by Gasteiger charge is -2.06. The van der Waals surface area contributed by atoms with Crippen LogP contribution in [0.15, 0.2) is 48.5 Å². The average Bonchev–Trinajstić information content (AvgIpc) is 2.40. The fourth-order valence-electron chi connectivity index (χ4n) is 1.71. The molecule has 0 atom stereocenters. The maximum atomic E-state index is 13.0. The Morgan fingerprint density at radius 1 is 1.10 bits per heavy atom. The molecule has 0 fully saturated rings. The zero-order chi connectivity index (χ0) is 14.5. The molecule has 2 rings (SSSR count). The molecule has 0 aromatic heterocycles. The molecule has 2 N–H and O–H groups in total. The van der Waals surface area contributed by atoms with Crippen LogP contribution in [-0.4, -0.2) is 17.0 Å². The molecule has 1 amide bonds. The van der Waals surface area contributed by atoms with Gasteiger partial charge in [0.25, 0.3) is 5.91 Å². The van der Waals surface area contributed by atoms with Gasteiger partial charge in [0.15, 0.2) is 0 Å². The van der Waals surface area contributed by atoms with Gasteiger partial charge in [-0.05, 0) is 35.9 Å². The van der Waals surface area contributed by atoms with E-state index in [0.29, 0.717) is 11.3 Å². The fraction of sp³-hybridized carbons (Fsp3) is 0.0667. The van der Waals surface area contributed by atoms with E-state index in [2.05, 4.69) is 5.32 Å². The minimum Gasteiger partial charge on any atom is -0.481 e. The lowest BCUT2D eigenvalue weighted by molar-refractivity contribution is -0.136. The Morgan fingerprint density at radius 2 is 1.80 bits per heavy atom. The van der Waals surface area contributed by atoms with Crippen molar-refractivity contribution in [1.82, 2.24) is 0 Å². The predicted molar refractivity (Wildman–Crippen MR) is 72.1 cm³/mol. The Bertz CT molecular complexity index is 638. The molecule has 2 aromatic rings. The van der Waals surface area contributed by atoms with Crippen LogP contribution < -0.4 is 5.32 Å². The van der Waals surface area contributed by atoms with Crippen LogP contribution >= 0.6 is 0 Å². The molecule has 0 radical (unpaired) electrons. The van der Waals surface area contributed by atoms with Gasteiger partial charge >= 0.3 is 5.97 Å². The van der Waals surface area contributed by atoms with Crippen LogP contribution in [0, 0.1) is 5.82 Å². The summed E-state index contributed by atoms with van der Waals surface area (Å²) in [5.41, 5.74) is 1.38. The Kier molecular flexibility index (Phi) is 4.10. The maximum absolute atomic E-state index is 13.0. The van der Waals surface area contributed by atoms with E-state index in [-0.39, 0.29) is 12.0 Å². The molecule has 0 spiro atoms. The summed E-state index contributed by atoms with van der Waals surface area (Å²) in [5, 5.41) is 11.3. The second kappa shape index (κ2) is 5.97. The number of carbonyl (C=O) groups excluding carboxylic acids is 1. The molecular formula is C15H12FNO3. The van der Waals surface area contributed by atoms with Gasteiger partial charge < -0.3 is 10.4 Å². The molecule has 0 unspecified atom stereocenters. The van der Waals surface area contributed by atoms with E-state index in [1.807, 2.05) is 0 Å². The number of carbonyl (C=O) groups is 2. The van der Waals surface area contributed by atoms with Crippen LogP contribution in [0.2, 0.25) is 0 Å². The normalized spacial score (nSPS) is 10.1. The van der Waals surface area contributed by atoms with Crippen LogP contribution in [0.25, 0.3) is 0 Å². The third-order valence-electron chi connectivity index (χ3n) is 2.65. The number of aliphatic carboxylic acids is 1. The number of halogens is 1. The Balaban J connectivity index is 2.06. The molecule has 0 bridgehead atoms. The van der Waals surface area contributed by atoms with E-state index in [1.54, 1.807) is 24.3 Å². The first-order valence-electron chi connectivity index (χ1n) is 5.92. The van der Waals surface area contributed by atoms with Crippen LogP contribution in [-0.2, 0) is 11.2 Å². The molecule has 0 saturated heterocycles. The number of carboxylic acids is 1. The molecule has 2 aromatic carbocycles. The van der Waals surface area contributed by atoms with Crippen molar-refractivity contribution in [2.24, 2.45) is 0 Å². The minimum atomic E-state index is -0.915. The van der Waals surface area contributed by atoms with Crippen molar-refractivity contribution >= 4 is 17.6 Å². The standard InChI is InChI=1S/C15H12FNO3/c16-12-3-1-2-11(9-12)15(20)17-13-6-4-10(5-7-13)8-14(18)19/h1-7,9H,8H2,(H,17,20)(H,18,19). The molecule has 102 valence electrons. The van der Waals surface area contributed by atoms with Crippen LogP contribution in [0.5, 0.6) is 0 Å². The first-order valence-corrected chi connectivity index (χ1v) is 5.92. The molecule has 5 heteroatoms. The number of hydrogen-bond acceptors (Lipinski definition) is 2. The van der Waals surface area contributed by atoms with Gasteiger partial charge in [-0.1, -0.05) is 18.2 Å². The summed E-state index contributed by atoms with van der Waals surface area (Å²) in [5.74, 6) is -1.81. The molecule has 20 heavy (non-hydrogen) atoms. The van der Waals surface area contributed by atoms with Gasteiger partial charge in [0, 0.05) is 11.3 Å². The lowest BCUT2D eigenvalue weighted by atomic mass is 10.1. The lowest BCUT2D eigenvalue weighted by Crippen LogP contribution is -2.12. The van der Waals surface area contributed by atoms with Crippen molar-refractivity contribution in [1.29, 1.82) is 0 Å². The van der Waals surface area contributed by atoms with E-state index in [1.165, 1.54) is 18.2 Å². The first-order chi connectivity index (χ1) is 9.54. The molecule has 0 heterocycles. The second-order valence-corrected chi connectivity index (χ2v) is 4.23. The first kappa shape index (κ1) is 13.7. The number of carboxylic acid groups (broad SMARTS) is 1. The van der Waals surface area contributed by atoms with E-state index >= 15 is 0 Å². The molecule has 0 saturated carbocycles. The highest BCUT2D eigenvalue weighted by Crippen LogP contribution is 2.12. The van der Waals surface area contributed by atoms with Crippen LogP contribution in [0.1, 0.15) is 15.9 Å². The van der Waals surface area contributed by atoms with Gasteiger partial charge in [-0.15, -0.1) is 0 Å². The fourth-order valence-corrected chi connectivity index (χ4v) is 1.71. The van der Waals surface area contributed by atoms with Crippen molar-refractivity contribution in [3.8, 4) is 0 Å². The molecule has 0 aliphatic rings. The molecule has 0 aliphatic carbocycles. The number of rotatable bonds is 4. The third-order valence-corrected chi connectivity index (χ3v) is 2.65. The highest BCUT2D eigenvalue weighted by molar-refractivity contribution is 6.04. The molecule has 4 nitrogen and oxygen atoms in total. The van der Waals surface area contributed by atoms with Crippen molar-refractivity contribution in [3.63, 3.8) is 0 Å². The number of nitrogens with one attached hydrogen (secondary N) is 1. The number of hydrogen-bond donors (Lipinski definition) is 2. The molecule has 0 aliphatic heterocycles. The van der Waals surface area contributed by atoms with Gasteiger partial charge in [-0.3, -0.25) is 9.59 Å². The summed E-state index contributed by atoms with van der Waals surface area (Å²) in [6.45, 7) is 0. The number of amides is 1. The Hall–Kier alpha value is -2.69. The van der Waals surface area contributed by atoms with E-state index < -0.39 is 17.7 Å². The topological polar surface area (TPSA) is 66.4 Å². The Labute approximate surface area is 114 Å². The monoisotopic (exact) mass is 273 g/mol. The zero-order valence-corrected chi connectivity index (χ0v) is 10.5. The van der Waals surface area contributed by atoms with Crippen molar-refractivity contribution in [3.05, 3.63) is 65.5 Å². The van der Waals surface area contributed by atoms with E-state index in [4.69, 9.17) is 5.11 Å². The van der Waals surface area contributed by atoms with Gasteiger partial charge in [-0.25, -0.2) is 4.39 Å². The summed E-state index contributed by atoms with van der Waals surface area (Å²) in [7, 11) is 0. The smallest absolute Gasteiger partial charge is 0.307 e. The average molecular weight is 273 g/mol. The minimum absolute atomic E-state index is 0.0713. The van der Waals surface area contributed by atoms with Crippen molar-refractivity contribution in [2.75, 3.05) is 5.32 Å². The second-order valence-electron chi connectivity index (χ2n) is 4.23. The third kappa shape index (κ3) is 3.65. The summed E-state index contributed by atoms with van der Waals surface area (Å²) >= 11 is 0. The quantitative estimate of drug-likeness (QED) is 0.900. The van der Waals surface area contributed by atoms with Crippen molar-refractivity contribution in [2.45, 2.75) is 6.42 Å². The maximum Gasteiger partial charge on any atom is 0.307 e. The summed E-state index contributed by atoms with van der Waals surface area (Å²) in [6.07, 6.45) is -0.0713. The summed E-state index contributed by atoms with van der Waals surface area (Å²) < 4.78 is 13.0. The van der Waals surface area contributed by atoms with Crippen molar-refractivity contribution < 1.29 is 19.1 Å². The largest absolute Gasteiger partial charge is 0.481 e. The highest BCUT2D eigenvalue weighted by atomic mass is 19.1. The molecular weight excluding hydrogens is 261 g/mol. The summed E-state index contributed by atoms with van der Waals surface area (Å²) in [4.78, 5) is 22.4.